The molecule has 4 rings (SSSR count). The number of nitrogens with one attached hydrogen (secondary N) is 2. The number of carbonyl (C=O) groups excluding carboxylic acids is 1. The summed E-state index contributed by atoms with van der Waals surface area (Å²) in [5.74, 6) is 0.400. The van der Waals surface area contributed by atoms with Crippen molar-refractivity contribution in [2.75, 3.05) is 10.6 Å². The van der Waals surface area contributed by atoms with Crippen LogP contribution >= 0.6 is 11.6 Å². The third kappa shape index (κ3) is 2.12. The molecule has 0 saturated carbocycles. The van der Waals surface area contributed by atoms with Crippen molar-refractivity contribution in [2.45, 2.75) is 19.3 Å². The van der Waals surface area contributed by atoms with Gasteiger partial charge in [-0.25, -0.2) is 9.50 Å². The number of anilines is 3. The van der Waals surface area contributed by atoms with Crippen molar-refractivity contribution in [2.24, 2.45) is 0 Å². The molecule has 1 aromatic carbocycles. The maximum absolute atomic E-state index is 12.0. The van der Waals surface area contributed by atoms with Crippen LogP contribution in [0, 0.1) is 0 Å². The van der Waals surface area contributed by atoms with Gasteiger partial charge in [-0.15, -0.1) is 5.10 Å². The predicted octanol–water partition coefficient (Wildman–Crippen LogP) is 2.75. The van der Waals surface area contributed by atoms with Gasteiger partial charge >= 0.3 is 0 Å². The Morgan fingerprint density at radius 1 is 1.35 bits per heavy atom. The van der Waals surface area contributed by atoms with Crippen LogP contribution in [-0.4, -0.2) is 25.5 Å². The van der Waals surface area contributed by atoms with Gasteiger partial charge in [-0.2, -0.15) is 4.98 Å². The number of nitrogens with zero attached hydrogens (tertiary/aromatic N) is 4. The van der Waals surface area contributed by atoms with Crippen LogP contribution in [0.25, 0.3) is 5.65 Å². The molecule has 0 fully saturated rings. The largest absolute Gasteiger partial charge is 0.325 e. The molecule has 0 aliphatic carbocycles. The van der Waals surface area contributed by atoms with Gasteiger partial charge < -0.3 is 10.6 Å². The monoisotopic (exact) mass is 328 g/mol. The standard InChI is InChI=1S/C15H13ClN6O/c1-15(2)9-4-3-8(7-10(9)19-13(15)23)18-14-20-12-11(16)17-5-6-22(12)21-14/h3-7H,1-2H3,(H,18,21)(H,19,23). The molecule has 1 aliphatic rings. The van der Waals surface area contributed by atoms with E-state index in [-0.39, 0.29) is 11.1 Å². The van der Waals surface area contributed by atoms with Gasteiger partial charge in [0.2, 0.25) is 11.9 Å². The highest BCUT2D eigenvalue weighted by atomic mass is 35.5. The fourth-order valence-electron chi connectivity index (χ4n) is 2.64. The van der Waals surface area contributed by atoms with Crippen LogP contribution in [0.3, 0.4) is 0 Å². The molecular formula is C15H13ClN6O. The SMILES string of the molecule is CC1(C)C(=O)Nc2cc(Nc3nc4c(Cl)nccn4n3)ccc21. The quantitative estimate of drug-likeness (QED) is 0.755. The predicted molar refractivity (Wildman–Crippen MR) is 87.2 cm³/mol. The lowest BCUT2D eigenvalue weighted by molar-refractivity contribution is -0.119. The first-order valence-electron chi connectivity index (χ1n) is 7.05. The lowest BCUT2D eigenvalue weighted by atomic mass is 9.86. The second-order valence-electron chi connectivity index (χ2n) is 5.89. The summed E-state index contributed by atoms with van der Waals surface area (Å²) in [6.07, 6.45) is 3.23. The van der Waals surface area contributed by atoms with Crippen molar-refractivity contribution in [1.82, 2.24) is 19.6 Å². The van der Waals surface area contributed by atoms with E-state index in [1.165, 1.54) is 0 Å². The van der Waals surface area contributed by atoms with Gasteiger partial charge in [0, 0.05) is 23.8 Å². The number of benzene rings is 1. The van der Waals surface area contributed by atoms with Crippen LogP contribution in [0.4, 0.5) is 17.3 Å². The second-order valence-corrected chi connectivity index (χ2v) is 6.24. The van der Waals surface area contributed by atoms with Gasteiger partial charge in [-0.1, -0.05) is 17.7 Å². The average Bonchev–Trinajstić information content (AvgIpc) is 2.99. The van der Waals surface area contributed by atoms with E-state index in [2.05, 4.69) is 25.7 Å². The molecule has 0 spiro atoms. The molecule has 8 heteroatoms. The van der Waals surface area contributed by atoms with Crippen LogP contribution < -0.4 is 10.6 Å². The number of amides is 1. The summed E-state index contributed by atoms with van der Waals surface area (Å²) in [7, 11) is 0. The Hall–Kier alpha value is -2.67. The highest BCUT2D eigenvalue weighted by Gasteiger charge is 2.38. The summed E-state index contributed by atoms with van der Waals surface area (Å²) in [4.78, 5) is 20.3. The Morgan fingerprint density at radius 3 is 2.96 bits per heavy atom. The summed E-state index contributed by atoms with van der Waals surface area (Å²) < 4.78 is 1.55. The Kier molecular flexibility index (Phi) is 2.83. The first kappa shape index (κ1) is 14.0. The van der Waals surface area contributed by atoms with E-state index in [1.807, 2.05) is 32.0 Å². The van der Waals surface area contributed by atoms with Crippen LogP contribution in [0.2, 0.25) is 5.15 Å². The number of rotatable bonds is 2. The molecule has 1 aliphatic heterocycles. The zero-order valence-corrected chi connectivity index (χ0v) is 13.2. The molecule has 2 N–H and O–H groups in total. The van der Waals surface area contributed by atoms with Gasteiger partial charge in [0.1, 0.15) is 0 Å². The number of hydrogen-bond acceptors (Lipinski definition) is 5. The van der Waals surface area contributed by atoms with Gasteiger partial charge in [0.25, 0.3) is 0 Å². The molecule has 0 bridgehead atoms. The Morgan fingerprint density at radius 2 is 2.17 bits per heavy atom. The molecule has 0 radical (unpaired) electrons. The zero-order chi connectivity index (χ0) is 16.2. The van der Waals surface area contributed by atoms with Crippen molar-refractivity contribution >= 4 is 40.5 Å². The van der Waals surface area contributed by atoms with Gasteiger partial charge in [0.15, 0.2) is 10.8 Å². The molecule has 2 aromatic heterocycles. The summed E-state index contributed by atoms with van der Waals surface area (Å²) in [5.41, 5.74) is 2.51. The number of aromatic nitrogens is 4. The number of carbonyl (C=O) groups is 1. The molecule has 0 saturated heterocycles. The first-order chi connectivity index (χ1) is 10.9. The molecule has 116 valence electrons. The molecule has 3 aromatic rings. The van der Waals surface area contributed by atoms with E-state index >= 15 is 0 Å². The van der Waals surface area contributed by atoms with Crippen LogP contribution in [0.1, 0.15) is 19.4 Å². The highest BCUT2D eigenvalue weighted by Crippen LogP contribution is 2.38. The van der Waals surface area contributed by atoms with Gasteiger partial charge in [-0.3, -0.25) is 4.79 Å². The molecule has 0 unspecified atom stereocenters. The van der Waals surface area contributed by atoms with Crippen LogP contribution in [0.15, 0.2) is 30.6 Å². The number of fused-ring (bicyclic) bond motifs is 2. The number of hydrogen-bond donors (Lipinski definition) is 2. The van der Waals surface area contributed by atoms with E-state index in [1.54, 1.807) is 16.9 Å². The van der Waals surface area contributed by atoms with Crippen molar-refractivity contribution < 1.29 is 4.79 Å². The molecular weight excluding hydrogens is 316 g/mol. The van der Waals surface area contributed by atoms with E-state index in [4.69, 9.17) is 11.6 Å². The van der Waals surface area contributed by atoms with Crippen LogP contribution in [0.5, 0.6) is 0 Å². The second kappa shape index (κ2) is 4.66. The minimum Gasteiger partial charge on any atom is -0.325 e. The summed E-state index contributed by atoms with van der Waals surface area (Å²) >= 11 is 5.99. The normalized spacial score (nSPS) is 15.5. The Balaban J connectivity index is 1.68. The molecule has 1 amide bonds. The number of halogens is 1. The molecule has 0 atom stereocenters. The minimum atomic E-state index is -0.519. The molecule has 3 heterocycles. The lowest BCUT2D eigenvalue weighted by Crippen LogP contribution is -2.26. The van der Waals surface area contributed by atoms with Gasteiger partial charge in [0.05, 0.1) is 5.41 Å². The van der Waals surface area contributed by atoms with Crippen LogP contribution in [-0.2, 0) is 10.2 Å². The maximum Gasteiger partial charge on any atom is 0.247 e. The third-order valence-corrected chi connectivity index (χ3v) is 4.24. The molecule has 7 nitrogen and oxygen atoms in total. The van der Waals surface area contributed by atoms with E-state index < -0.39 is 5.41 Å². The van der Waals surface area contributed by atoms with E-state index in [9.17, 15) is 4.79 Å². The maximum atomic E-state index is 12.0. The summed E-state index contributed by atoms with van der Waals surface area (Å²) in [6, 6.07) is 5.69. The average molecular weight is 329 g/mol. The fourth-order valence-corrected chi connectivity index (χ4v) is 2.83. The van der Waals surface area contributed by atoms with Crippen molar-refractivity contribution in [3.63, 3.8) is 0 Å². The summed E-state index contributed by atoms with van der Waals surface area (Å²) in [5, 5.41) is 10.6. The molecule has 23 heavy (non-hydrogen) atoms. The van der Waals surface area contributed by atoms with E-state index in [0.717, 1.165) is 16.9 Å². The van der Waals surface area contributed by atoms with E-state index in [0.29, 0.717) is 11.6 Å². The fraction of sp³-hybridized carbons (Fsp3) is 0.200. The first-order valence-corrected chi connectivity index (χ1v) is 7.43. The third-order valence-electron chi connectivity index (χ3n) is 3.98. The summed E-state index contributed by atoms with van der Waals surface area (Å²) in [6.45, 7) is 3.81. The van der Waals surface area contributed by atoms with Crippen molar-refractivity contribution in [1.29, 1.82) is 0 Å². The topological polar surface area (TPSA) is 84.2 Å². The lowest BCUT2D eigenvalue weighted by Gasteiger charge is -2.14. The zero-order valence-electron chi connectivity index (χ0n) is 12.5. The van der Waals surface area contributed by atoms with Crippen molar-refractivity contribution in [3.05, 3.63) is 41.3 Å². The van der Waals surface area contributed by atoms with Crippen molar-refractivity contribution in [3.8, 4) is 0 Å². The smallest absolute Gasteiger partial charge is 0.247 e. The highest BCUT2D eigenvalue weighted by molar-refractivity contribution is 6.32. The van der Waals surface area contributed by atoms with Gasteiger partial charge in [-0.05, 0) is 31.5 Å². The Labute approximate surface area is 136 Å². The Bertz CT molecular complexity index is 948. The minimum absolute atomic E-state index is 0.00615.